The summed E-state index contributed by atoms with van der Waals surface area (Å²) in [4.78, 5) is 39.4. The summed E-state index contributed by atoms with van der Waals surface area (Å²) in [6, 6.07) is 8.11. The largest absolute Gasteiger partial charge is 0.349 e. The minimum Gasteiger partial charge on any atom is -0.349 e. The lowest BCUT2D eigenvalue weighted by Crippen LogP contribution is -2.46. The van der Waals surface area contributed by atoms with E-state index in [1.54, 1.807) is 17.5 Å². The van der Waals surface area contributed by atoms with Gasteiger partial charge in [-0.05, 0) is 53.1 Å². The first-order chi connectivity index (χ1) is 16.9. The van der Waals surface area contributed by atoms with Crippen LogP contribution in [0.1, 0.15) is 45.6 Å². The Morgan fingerprint density at radius 3 is 2.97 bits per heavy atom. The molecule has 0 radical (unpaired) electrons. The first-order valence-corrected chi connectivity index (χ1v) is 14.2. The molecule has 1 aromatic carbocycles. The Labute approximate surface area is 219 Å². The van der Waals surface area contributed by atoms with Crippen molar-refractivity contribution in [1.82, 2.24) is 24.6 Å². The van der Waals surface area contributed by atoms with Crippen LogP contribution < -0.4 is 5.32 Å². The smallest absolute Gasteiger partial charge is 0.274 e. The summed E-state index contributed by atoms with van der Waals surface area (Å²) >= 11 is 6.50. The Morgan fingerprint density at radius 1 is 1.31 bits per heavy atom. The number of halogens is 1. The van der Waals surface area contributed by atoms with Crippen LogP contribution in [0.2, 0.25) is 0 Å². The van der Waals surface area contributed by atoms with E-state index in [0.29, 0.717) is 40.2 Å². The average Bonchev–Trinajstić information content (AvgIpc) is 3.22. The number of carbonyl (C=O) groups excluding carboxylic acids is 2. The van der Waals surface area contributed by atoms with Crippen LogP contribution in [-0.4, -0.2) is 50.2 Å². The van der Waals surface area contributed by atoms with E-state index >= 15 is 0 Å². The number of benzene rings is 1. The fraction of sp³-hybridized carbons (Fsp3) is 0.360. The number of nitrogens with one attached hydrogen (secondary N) is 1. The topological polar surface area (TPSA) is 79.6 Å². The number of rotatable bonds is 6. The lowest BCUT2D eigenvalue weighted by molar-refractivity contribution is 0.0690. The molecule has 2 aliphatic rings. The van der Waals surface area contributed by atoms with Crippen molar-refractivity contribution >= 4 is 55.4 Å². The van der Waals surface area contributed by atoms with Crippen molar-refractivity contribution in [1.29, 1.82) is 0 Å². The molecule has 2 fully saturated rings. The third kappa shape index (κ3) is 4.01. The molecule has 1 N–H and O–H groups in total. The molecule has 10 heteroatoms. The van der Waals surface area contributed by atoms with E-state index in [-0.39, 0.29) is 17.9 Å². The molecule has 1 saturated heterocycles. The normalized spacial score (nSPS) is 20.9. The Bertz CT molecular complexity index is 1460. The van der Waals surface area contributed by atoms with Gasteiger partial charge in [-0.25, -0.2) is 9.97 Å². The predicted molar refractivity (Wildman–Crippen MR) is 141 cm³/mol. The Morgan fingerprint density at radius 2 is 2.17 bits per heavy atom. The van der Waals surface area contributed by atoms with Crippen LogP contribution in [-0.2, 0) is 6.42 Å². The molecular formula is C25H24BrN5O2S2. The summed E-state index contributed by atoms with van der Waals surface area (Å²) in [5, 5.41) is 5.14. The second-order valence-corrected chi connectivity index (χ2v) is 12.4. The monoisotopic (exact) mass is 569 g/mol. The minimum atomic E-state index is -0.154. The summed E-state index contributed by atoms with van der Waals surface area (Å²) in [6.45, 7) is 5.26. The van der Waals surface area contributed by atoms with E-state index in [0.717, 1.165) is 39.5 Å². The van der Waals surface area contributed by atoms with Gasteiger partial charge in [-0.15, -0.1) is 22.7 Å². The van der Waals surface area contributed by atoms with Gasteiger partial charge < -0.3 is 10.2 Å². The first kappa shape index (κ1) is 22.9. The molecule has 3 atom stereocenters. The molecule has 6 rings (SSSR count). The van der Waals surface area contributed by atoms with Crippen molar-refractivity contribution in [2.75, 3.05) is 13.1 Å². The molecule has 180 valence electrons. The van der Waals surface area contributed by atoms with Crippen LogP contribution in [0.15, 0.2) is 39.8 Å². The average molecular weight is 571 g/mol. The zero-order valence-corrected chi connectivity index (χ0v) is 22.5. The van der Waals surface area contributed by atoms with Crippen molar-refractivity contribution < 1.29 is 9.59 Å². The maximum atomic E-state index is 13.7. The second-order valence-electron chi connectivity index (χ2n) is 9.25. The SMILES string of the molecule is CCc1csc2ncc(C(=O)NC[C@@H]3[C@H]4C[C@H]4CN3C(=O)c3nc(Br)sc3-c3cccc(C)c3)n12. The van der Waals surface area contributed by atoms with Crippen LogP contribution in [0.25, 0.3) is 15.4 Å². The maximum absolute atomic E-state index is 13.7. The highest BCUT2D eigenvalue weighted by atomic mass is 79.9. The van der Waals surface area contributed by atoms with Crippen molar-refractivity contribution in [3.05, 3.63) is 62.4 Å². The van der Waals surface area contributed by atoms with E-state index in [4.69, 9.17) is 0 Å². The zero-order valence-electron chi connectivity index (χ0n) is 19.3. The van der Waals surface area contributed by atoms with Gasteiger partial charge in [-0.1, -0.05) is 36.8 Å². The fourth-order valence-electron chi connectivity index (χ4n) is 5.18. The van der Waals surface area contributed by atoms with E-state index < -0.39 is 0 Å². The highest BCUT2D eigenvalue weighted by molar-refractivity contribution is 9.11. The Balaban J connectivity index is 1.23. The summed E-state index contributed by atoms with van der Waals surface area (Å²) in [5.74, 6) is 0.726. The van der Waals surface area contributed by atoms with Crippen LogP contribution in [0, 0.1) is 18.8 Å². The van der Waals surface area contributed by atoms with Crippen LogP contribution in [0.5, 0.6) is 0 Å². The molecular weight excluding hydrogens is 546 g/mol. The molecule has 3 aromatic heterocycles. The molecule has 4 heterocycles. The number of hydrogen-bond acceptors (Lipinski definition) is 6. The summed E-state index contributed by atoms with van der Waals surface area (Å²) in [5.41, 5.74) is 4.24. The van der Waals surface area contributed by atoms with Gasteiger partial charge in [-0.2, -0.15) is 0 Å². The number of imidazole rings is 1. The summed E-state index contributed by atoms with van der Waals surface area (Å²) in [6.07, 6.45) is 3.58. The van der Waals surface area contributed by atoms with Crippen molar-refractivity contribution in [2.24, 2.45) is 11.8 Å². The quantitative estimate of drug-likeness (QED) is 0.352. The van der Waals surface area contributed by atoms with Gasteiger partial charge in [0.15, 0.2) is 8.88 Å². The molecule has 1 aliphatic heterocycles. The molecule has 0 bridgehead atoms. The number of aryl methyl sites for hydroxylation is 2. The first-order valence-electron chi connectivity index (χ1n) is 11.7. The number of likely N-dealkylation sites (tertiary alicyclic amines) is 1. The molecule has 2 amide bonds. The van der Waals surface area contributed by atoms with E-state index in [2.05, 4.69) is 44.2 Å². The molecule has 0 spiro atoms. The molecule has 35 heavy (non-hydrogen) atoms. The lowest BCUT2D eigenvalue weighted by atomic mass is 10.1. The third-order valence-electron chi connectivity index (χ3n) is 7.03. The standard InChI is InChI=1S/C25H24BrN5O2S2/c1-3-16-12-34-25-28-10-19(31(16)25)22(32)27-9-18-17-8-15(17)11-30(18)23(33)20-21(35-24(26)29-20)14-6-4-5-13(2)7-14/h4-7,10,12,15,17-18H,3,8-9,11H2,1-2H3,(H,27,32)/t15-,17-,18+/m0/s1. The second kappa shape index (κ2) is 8.83. The van der Waals surface area contributed by atoms with Gasteiger partial charge in [-0.3, -0.25) is 14.0 Å². The number of amides is 2. The number of piperidine rings is 1. The van der Waals surface area contributed by atoms with Crippen LogP contribution in [0.3, 0.4) is 0 Å². The number of fused-ring (bicyclic) bond motifs is 2. The van der Waals surface area contributed by atoms with E-state index in [9.17, 15) is 9.59 Å². The van der Waals surface area contributed by atoms with Crippen LogP contribution in [0.4, 0.5) is 0 Å². The van der Waals surface area contributed by atoms with Gasteiger partial charge >= 0.3 is 0 Å². The maximum Gasteiger partial charge on any atom is 0.274 e. The van der Waals surface area contributed by atoms with Crippen molar-refractivity contribution in [3.63, 3.8) is 0 Å². The molecule has 1 aliphatic carbocycles. The van der Waals surface area contributed by atoms with E-state index in [1.165, 1.54) is 11.3 Å². The highest BCUT2D eigenvalue weighted by Gasteiger charge is 2.54. The lowest BCUT2D eigenvalue weighted by Gasteiger charge is -2.27. The Hall–Kier alpha value is -2.56. The van der Waals surface area contributed by atoms with Gasteiger partial charge in [0.2, 0.25) is 0 Å². The third-order valence-corrected chi connectivity index (χ3v) is 9.48. The fourth-order valence-corrected chi connectivity index (χ4v) is 7.57. The number of thiazole rings is 2. The number of hydrogen-bond donors (Lipinski definition) is 1. The number of carbonyl (C=O) groups is 2. The molecule has 7 nitrogen and oxygen atoms in total. The van der Waals surface area contributed by atoms with Crippen molar-refractivity contribution in [2.45, 2.75) is 32.7 Å². The summed E-state index contributed by atoms with van der Waals surface area (Å²) in [7, 11) is 0. The van der Waals surface area contributed by atoms with Gasteiger partial charge in [0, 0.05) is 24.2 Å². The molecule has 4 aromatic rings. The van der Waals surface area contributed by atoms with Crippen LogP contribution >= 0.6 is 38.6 Å². The van der Waals surface area contributed by atoms with Gasteiger partial charge in [0.05, 0.1) is 17.1 Å². The van der Waals surface area contributed by atoms with E-state index in [1.807, 2.05) is 39.8 Å². The number of nitrogens with zero attached hydrogens (tertiary/aromatic N) is 4. The van der Waals surface area contributed by atoms with Gasteiger partial charge in [0.1, 0.15) is 11.4 Å². The zero-order chi connectivity index (χ0) is 24.3. The van der Waals surface area contributed by atoms with Crippen molar-refractivity contribution in [3.8, 4) is 10.4 Å². The van der Waals surface area contributed by atoms with Gasteiger partial charge in [0.25, 0.3) is 11.8 Å². The molecule has 1 saturated carbocycles. The predicted octanol–water partition coefficient (Wildman–Crippen LogP) is 5.04. The Kier molecular flexibility index (Phi) is 5.77. The highest BCUT2D eigenvalue weighted by Crippen LogP contribution is 2.50. The molecule has 0 unspecified atom stereocenters. The number of aromatic nitrogens is 3. The minimum absolute atomic E-state index is 0.0289. The summed E-state index contributed by atoms with van der Waals surface area (Å²) < 4.78 is 2.62.